The number of carbonyl (C=O) groups excluding carboxylic acids is 2. The van der Waals surface area contributed by atoms with Crippen LogP contribution in [0.1, 0.15) is 39.2 Å². The van der Waals surface area contributed by atoms with Crippen LogP contribution in [0.15, 0.2) is 83.8 Å². The average Bonchev–Trinajstić information content (AvgIpc) is 2.97. The van der Waals surface area contributed by atoms with Crippen molar-refractivity contribution >= 4 is 33.2 Å². The van der Waals surface area contributed by atoms with Crippen LogP contribution < -0.4 is 9.62 Å². The lowest BCUT2D eigenvalue weighted by Gasteiger charge is -2.33. The van der Waals surface area contributed by atoms with E-state index in [-0.39, 0.29) is 35.3 Å². The van der Waals surface area contributed by atoms with Crippen molar-refractivity contribution in [3.05, 3.63) is 100 Å². The maximum Gasteiger partial charge on any atom is 0.271 e. The van der Waals surface area contributed by atoms with E-state index < -0.39 is 45.2 Å². The third-order valence-electron chi connectivity index (χ3n) is 6.59. The van der Waals surface area contributed by atoms with Gasteiger partial charge in [-0.1, -0.05) is 50.2 Å². The molecule has 12 heteroatoms. The van der Waals surface area contributed by atoms with E-state index in [1.54, 1.807) is 13.0 Å². The number of rotatable bonds is 13. The molecule has 0 heterocycles. The van der Waals surface area contributed by atoms with Gasteiger partial charge in [-0.05, 0) is 55.7 Å². The van der Waals surface area contributed by atoms with E-state index >= 15 is 0 Å². The van der Waals surface area contributed by atoms with Crippen LogP contribution in [0.4, 0.5) is 15.8 Å². The van der Waals surface area contributed by atoms with Crippen LogP contribution in [0.2, 0.25) is 0 Å². The summed E-state index contributed by atoms with van der Waals surface area (Å²) in [5, 5.41) is 14.3. The molecule has 2 amide bonds. The lowest BCUT2D eigenvalue weighted by Crippen LogP contribution is -2.53. The number of nitrogens with one attached hydrogen (secondary N) is 1. The van der Waals surface area contributed by atoms with Crippen molar-refractivity contribution in [2.75, 3.05) is 10.8 Å². The second-order valence-electron chi connectivity index (χ2n) is 9.49. The molecule has 0 aliphatic rings. The first-order valence-corrected chi connectivity index (χ1v) is 14.6. The smallest absolute Gasteiger partial charge is 0.271 e. The van der Waals surface area contributed by atoms with Crippen LogP contribution in [-0.2, 0) is 26.2 Å². The van der Waals surface area contributed by atoms with Crippen LogP contribution >= 0.6 is 0 Å². The Morgan fingerprint density at radius 1 is 0.976 bits per heavy atom. The number of halogens is 1. The number of nitro benzene ring substituents is 1. The monoisotopic (exact) mass is 584 g/mol. The minimum absolute atomic E-state index is 0.0877. The molecule has 0 unspecified atom stereocenters. The molecular formula is C29H33FN4O6S. The minimum Gasteiger partial charge on any atom is -0.352 e. The molecular weight excluding hydrogens is 551 g/mol. The largest absolute Gasteiger partial charge is 0.352 e. The van der Waals surface area contributed by atoms with E-state index in [0.717, 1.165) is 10.4 Å². The van der Waals surface area contributed by atoms with Crippen LogP contribution in [0.5, 0.6) is 0 Å². The molecule has 0 saturated carbocycles. The summed E-state index contributed by atoms with van der Waals surface area (Å²) in [5.41, 5.74) is 0.0864. The van der Waals surface area contributed by atoms with Crippen molar-refractivity contribution in [3.63, 3.8) is 0 Å². The summed E-state index contributed by atoms with van der Waals surface area (Å²) in [7, 11) is -4.37. The van der Waals surface area contributed by atoms with Gasteiger partial charge in [0.05, 0.1) is 15.5 Å². The Morgan fingerprint density at radius 3 is 2.22 bits per heavy atom. The van der Waals surface area contributed by atoms with E-state index in [1.807, 2.05) is 13.8 Å². The minimum atomic E-state index is -4.37. The summed E-state index contributed by atoms with van der Waals surface area (Å²) >= 11 is 0. The topological polar surface area (TPSA) is 130 Å². The highest BCUT2D eigenvalue weighted by molar-refractivity contribution is 7.92. The maximum absolute atomic E-state index is 14.0. The van der Waals surface area contributed by atoms with Gasteiger partial charge < -0.3 is 10.2 Å². The van der Waals surface area contributed by atoms with Gasteiger partial charge >= 0.3 is 0 Å². The normalized spacial score (nSPS) is 12.7. The molecule has 0 aromatic heterocycles. The fraction of sp³-hybridized carbons (Fsp3) is 0.310. The lowest BCUT2D eigenvalue weighted by atomic mass is 10.1. The van der Waals surface area contributed by atoms with Crippen molar-refractivity contribution in [1.82, 2.24) is 10.2 Å². The molecule has 10 nitrogen and oxygen atoms in total. The lowest BCUT2D eigenvalue weighted by molar-refractivity contribution is -0.384. The number of non-ortho nitro benzene ring substituents is 1. The summed E-state index contributed by atoms with van der Waals surface area (Å²) in [6, 6.07) is 16.7. The molecule has 0 bridgehead atoms. The van der Waals surface area contributed by atoms with Gasteiger partial charge in [0.2, 0.25) is 11.8 Å². The van der Waals surface area contributed by atoms with E-state index in [9.17, 15) is 32.5 Å². The van der Waals surface area contributed by atoms with E-state index in [1.165, 1.54) is 71.6 Å². The molecule has 0 saturated heterocycles. The maximum atomic E-state index is 14.0. The summed E-state index contributed by atoms with van der Waals surface area (Å²) in [6.45, 7) is 4.61. The molecule has 0 aliphatic heterocycles. The number of hydrogen-bond acceptors (Lipinski definition) is 6. The Bertz CT molecular complexity index is 1470. The van der Waals surface area contributed by atoms with Crippen LogP contribution in [-0.4, -0.2) is 48.7 Å². The molecule has 3 aromatic carbocycles. The van der Waals surface area contributed by atoms with E-state index in [0.29, 0.717) is 12.0 Å². The predicted octanol–water partition coefficient (Wildman–Crippen LogP) is 4.65. The summed E-state index contributed by atoms with van der Waals surface area (Å²) in [4.78, 5) is 39.2. The molecule has 0 fully saturated rings. The second kappa shape index (κ2) is 13.8. The van der Waals surface area contributed by atoms with Crippen LogP contribution in [0.25, 0.3) is 0 Å². The van der Waals surface area contributed by atoms with Crippen LogP contribution in [0.3, 0.4) is 0 Å². The van der Waals surface area contributed by atoms with Gasteiger partial charge in [0.1, 0.15) is 18.4 Å². The van der Waals surface area contributed by atoms with E-state index in [4.69, 9.17) is 0 Å². The van der Waals surface area contributed by atoms with Gasteiger partial charge in [-0.15, -0.1) is 0 Å². The van der Waals surface area contributed by atoms with Gasteiger partial charge in [-0.2, -0.15) is 0 Å². The molecule has 3 rings (SSSR count). The highest BCUT2D eigenvalue weighted by Gasteiger charge is 2.34. The van der Waals surface area contributed by atoms with Gasteiger partial charge in [0.15, 0.2) is 0 Å². The van der Waals surface area contributed by atoms with Crippen molar-refractivity contribution in [1.29, 1.82) is 0 Å². The Labute approximate surface area is 239 Å². The number of nitrogens with zero attached hydrogens (tertiary/aromatic N) is 3. The summed E-state index contributed by atoms with van der Waals surface area (Å²) in [6.07, 6.45) is 0.876. The average molecular weight is 585 g/mol. The van der Waals surface area contributed by atoms with Gasteiger partial charge in [-0.3, -0.25) is 24.0 Å². The molecule has 218 valence electrons. The fourth-order valence-electron chi connectivity index (χ4n) is 4.16. The zero-order valence-electron chi connectivity index (χ0n) is 23.1. The molecule has 3 aromatic rings. The number of sulfonamides is 1. The Hall–Kier alpha value is -4.32. The molecule has 1 N–H and O–H groups in total. The summed E-state index contributed by atoms with van der Waals surface area (Å²) in [5.74, 6) is -1.60. The highest BCUT2D eigenvalue weighted by atomic mass is 32.2. The molecule has 0 spiro atoms. The standard InChI is InChI=1S/C29H33FN4O6S/c1-4-21(3)31-29(36)27(5-2)32(19-22-14-16-23(30)17-15-22)28(35)20-33(24-10-9-11-25(18-24)34(37)38)41(39,40)26-12-7-6-8-13-26/h6-18,21,27H,4-5,19-20H2,1-3H3,(H,31,36)/t21-,27+/m1/s1. The van der Waals surface area contributed by atoms with Gasteiger partial charge in [0.25, 0.3) is 15.7 Å². The van der Waals surface area contributed by atoms with Gasteiger partial charge in [0, 0.05) is 24.7 Å². The third kappa shape index (κ3) is 7.88. The molecule has 2 atom stereocenters. The quantitative estimate of drug-likeness (QED) is 0.230. The SMILES string of the molecule is CC[C@@H](C)NC(=O)[C@H](CC)N(Cc1ccc(F)cc1)C(=O)CN(c1cccc([N+](=O)[O-])c1)S(=O)(=O)c1ccccc1. The predicted molar refractivity (Wildman–Crippen MR) is 153 cm³/mol. The zero-order chi connectivity index (χ0) is 30.2. The Balaban J connectivity index is 2.08. The second-order valence-corrected chi connectivity index (χ2v) is 11.4. The zero-order valence-corrected chi connectivity index (χ0v) is 23.9. The molecule has 0 aliphatic carbocycles. The first-order chi connectivity index (χ1) is 19.5. The van der Waals surface area contributed by atoms with Gasteiger partial charge in [-0.25, -0.2) is 12.8 Å². The Kier molecular flexibility index (Phi) is 10.5. The number of amides is 2. The van der Waals surface area contributed by atoms with Crippen molar-refractivity contribution < 1.29 is 27.3 Å². The highest BCUT2D eigenvalue weighted by Crippen LogP contribution is 2.28. The van der Waals surface area contributed by atoms with Crippen LogP contribution in [0, 0.1) is 15.9 Å². The van der Waals surface area contributed by atoms with Crippen molar-refractivity contribution in [3.8, 4) is 0 Å². The summed E-state index contributed by atoms with van der Waals surface area (Å²) < 4.78 is 42.0. The van der Waals surface area contributed by atoms with E-state index in [2.05, 4.69) is 5.32 Å². The number of anilines is 1. The number of hydrogen-bond donors (Lipinski definition) is 1. The molecule has 0 radical (unpaired) electrons. The fourth-order valence-corrected chi connectivity index (χ4v) is 5.58. The number of carbonyl (C=O) groups is 2. The third-order valence-corrected chi connectivity index (χ3v) is 8.38. The van der Waals surface area contributed by atoms with Crippen molar-refractivity contribution in [2.45, 2.75) is 57.1 Å². The first kappa shape index (κ1) is 31.2. The van der Waals surface area contributed by atoms with Crippen molar-refractivity contribution in [2.24, 2.45) is 0 Å². The number of nitro groups is 1. The first-order valence-electron chi connectivity index (χ1n) is 13.1. The number of benzene rings is 3. The Morgan fingerprint density at radius 2 is 1.63 bits per heavy atom. The molecule has 41 heavy (non-hydrogen) atoms.